The van der Waals surface area contributed by atoms with E-state index in [0.29, 0.717) is 31.2 Å². The average Bonchev–Trinajstić information content (AvgIpc) is 2.62. The zero-order chi connectivity index (χ0) is 16.3. The molecule has 0 aromatic heterocycles. The minimum absolute atomic E-state index is 0.557. The molecule has 0 radical (unpaired) electrons. The van der Waals surface area contributed by atoms with E-state index < -0.39 is 0 Å². The molecule has 0 atom stereocenters. The van der Waals surface area contributed by atoms with Gasteiger partial charge in [0.25, 0.3) is 0 Å². The summed E-state index contributed by atoms with van der Waals surface area (Å²) in [7, 11) is 1.73. The van der Waals surface area contributed by atoms with Crippen LogP contribution in [0.15, 0.2) is 59.6 Å². The lowest BCUT2D eigenvalue weighted by atomic mass is 10.1. The molecular formula is C18H20N4O. The summed E-state index contributed by atoms with van der Waals surface area (Å²) >= 11 is 0. The summed E-state index contributed by atoms with van der Waals surface area (Å²) in [5, 5.41) is 15.2. The number of nitriles is 1. The van der Waals surface area contributed by atoms with Gasteiger partial charge in [-0.25, -0.2) is 0 Å². The fourth-order valence-electron chi connectivity index (χ4n) is 1.96. The monoisotopic (exact) mass is 308 g/mol. The second-order valence-electron chi connectivity index (χ2n) is 4.82. The highest BCUT2D eigenvalue weighted by atomic mass is 16.5. The van der Waals surface area contributed by atoms with Crippen LogP contribution in [0.1, 0.15) is 11.1 Å². The molecule has 2 aromatic rings. The highest BCUT2D eigenvalue weighted by Gasteiger charge is 1.99. The van der Waals surface area contributed by atoms with Crippen molar-refractivity contribution in [2.75, 3.05) is 20.2 Å². The zero-order valence-corrected chi connectivity index (χ0v) is 13.1. The van der Waals surface area contributed by atoms with Gasteiger partial charge in [0, 0.05) is 13.6 Å². The van der Waals surface area contributed by atoms with E-state index in [2.05, 4.69) is 21.7 Å². The molecule has 0 aliphatic carbocycles. The molecule has 0 aliphatic rings. The van der Waals surface area contributed by atoms with E-state index in [1.54, 1.807) is 19.2 Å². The molecule has 0 amide bonds. The van der Waals surface area contributed by atoms with Crippen molar-refractivity contribution in [2.45, 2.75) is 6.54 Å². The van der Waals surface area contributed by atoms with Crippen LogP contribution >= 0.6 is 0 Å². The number of ether oxygens (including phenoxy) is 1. The zero-order valence-electron chi connectivity index (χ0n) is 13.1. The molecule has 5 nitrogen and oxygen atoms in total. The minimum atomic E-state index is 0.557. The van der Waals surface area contributed by atoms with Crippen molar-refractivity contribution in [1.29, 1.82) is 5.26 Å². The lowest BCUT2D eigenvalue weighted by Crippen LogP contribution is -2.38. The largest absolute Gasteiger partial charge is 0.492 e. The maximum atomic E-state index is 8.78. The van der Waals surface area contributed by atoms with Crippen molar-refractivity contribution in [1.82, 2.24) is 10.6 Å². The molecule has 5 heteroatoms. The van der Waals surface area contributed by atoms with Crippen LogP contribution in [0, 0.1) is 11.3 Å². The quantitative estimate of drug-likeness (QED) is 0.488. The molecule has 118 valence electrons. The van der Waals surface area contributed by atoms with Crippen LogP contribution in [-0.2, 0) is 6.54 Å². The van der Waals surface area contributed by atoms with Gasteiger partial charge in [-0.1, -0.05) is 30.3 Å². The number of rotatable bonds is 6. The Labute approximate surface area is 136 Å². The number of hydrogen-bond donors (Lipinski definition) is 2. The first-order valence-corrected chi connectivity index (χ1v) is 7.43. The summed E-state index contributed by atoms with van der Waals surface area (Å²) in [5.41, 5.74) is 1.75. The summed E-state index contributed by atoms with van der Waals surface area (Å²) in [6, 6.07) is 19.3. The van der Waals surface area contributed by atoms with Gasteiger partial charge < -0.3 is 15.4 Å². The first-order valence-electron chi connectivity index (χ1n) is 7.43. The number of hydrogen-bond acceptors (Lipinski definition) is 3. The SMILES string of the molecule is CN=C(NCCOc1ccccc1)NCc1ccc(C#N)cc1. The van der Waals surface area contributed by atoms with E-state index in [9.17, 15) is 0 Å². The summed E-state index contributed by atoms with van der Waals surface area (Å²) in [6.45, 7) is 1.86. The fraction of sp³-hybridized carbons (Fsp3) is 0.222. The molecule has 0 saturated heterocycles. The predicted molar refractivity (Wildman–Crippen MR) is 91.3 cm³/mol. The molecular weight excluding hydrogens is 288 g/mol. The third-order valence-corrected chi connectivity index (χ3v) is 3.17. The Kier molecular flexibility index (Phi) is 6.48. The molecule has 2 aromatic carbocycles. The minimum Gasteiger partial charge on any atom is -0.492 e. The number of guanidine groups is 1. The van der Waals surface area contributed by atoms with Crippen molar-refractivity contribution in [3.63, 3.8) is 0 Å². The average molecular weight is 308 g/mol. The Morgan fingerprint density at radius 3 is 2.48 bits per heavy atom. The smallest absolute Gasteiger partial charge is 0.191 e. The van der Waals surface area contributed by atoms with Crippen LogP contribution in [-0.4, -0.2) is 26.2 Å². The van der Waals surface area contributed by atoms with Gasteiger partial charge in [-0.15, -0.1) is 0 Å². The van der Waals surface area contributed by atoms with E-state index in [0.717, 1.165) is 11.3 Å². The Morgan fingerprint density at radius 2 is 1.83 bits per heavy atom. The standard InChI is InChI=1S/C18H20N4O/c1-20-18(21-11-12-23-17-5-3-2-4-6-17)22-14-16-9-7-15(13-19)8-10-16/h2-10H,11-12,14H2,1H3,(H2,20,21,22). The van der Waals surface area contributed by atoms with Crippen molar-refractivity contribution in [3.8, 4) is 11.8 Å². The fourth-order valence-corrected chi connectivity index (χ4v) is 1.96. The Morgan fingerprint density at radius 1 is 1.09 bits per heavy atom. The van der Waals surface area contributed by atoms with Gasteiger partial charge in [0.05, 0.1) is 18.2 Å². The van der Waals surface area contributed by atoms with Crippen LogP contribution in [0.4, 0.5) is 0 Å². The van der Waals surface area contributed by atoms with Gasteiger partial charge in [-0.05, 0) is 29.8 Å². The number of aliphatic imine (C=N–C) groups is 1. The van der Waals surface area contributed by atoms with Crippen LogP contribution in [0.2, 0.25) is 0 Å². The maximum absolute atomic E-state index is 8.78. The molecule has 0 unspecified atom stereocenters. The van der Waals surface area contributed by atoms with E-state index in [4.69, 9.17) is 10.00 Å². The van der Waals surface area contributed by atoms with E-state index in [-0.39, 0.29) is 0 Å². The molecule has 0 spiro atoms. The molecule has 23 heavy (non-hydrogen) atoms. The first-order chi connectivity index (χ1) is 11.3. The lowest BCUT2D eigenvalue weighted by Gasteiger charge is -2.12. The topological polar surface area (TPSA) is 69.4 Å². The molecule has 0 saturated carbocycles. The van der Waals surface area contributed by atoms with Gasteiger partial charge in [-0.3, -0.25) is 4.99 Å². The highest BCUT2D eigenvalue weighted by Crippen LogP contribution is 2.07. The molecule has 0 aliphatic heterocycles. The number of benzene rings is 2. The van der Waals surface area contributed by atoms with Crippen molar-refractivity contribution in [2.24, 2.45) is 4.99 Å². The predicted octanol–water partition coefficient (Wildman–Crippen LogP) is 2.30. The van der Waals surface area contributed by atoms with Crippen molar-refractivity contribution in [3.05, 3.63) is 65.7 Å². The molecule has 2 rings (SSSR count). The van der Waals surface area contributed by atoms with Gasteiger partial charge in [0.2, 0.25) is 0 Å². The van der Waals surface area contributed by atoms with Crippen LogP contribution in [0.5, 0.6) is 5.75 Å². The first kappa shape index (κ1) is 16.4. The number of para-hydroxylation sites is 1. The van der Waals surface area contributed by atoms with E-state index in [1.165, 1.54) is 0 Å². The van der Waals surface area contributed by atoms with Gasteiger partial charge in [0.15, 0.2) is 5.96 Å². The highest BCUT2D eigenvalue weighted by molar-refractivity contribution is 5.79. The Hall–Kier alpha value is -3.00. The normalized spacial score (nSPS) is 10.7. The third kappa shape index (κ3) is 5.71. The van der Waals surface area contributed by atoms with E-state index >= 15 is 0 Å². The van der Waals surface area contributed by atoms with Crippen molar-refractivity contribution >= 4 is 5.96 Å². The van der Waals surface area contributed by atoms with Crippen LogP contribution < -0.4 is 15.4 Å². The summed E-state index contributed by atoms with van der Waals surface area (Å²) in [4.78, 5) is 4.17. The molecule has 0 bridgehead atoms. The summed E-state index contributed by atoms with van der Waals surface area (Å²) in [6.07, 6.45) is 0. The Bertz CT molecular complexity index is 660. The number of nitrogens with one attached hydrogen (secondary N) is 2. The molecule has 0 heterocycles. The summed E-state index contributed by atoms with van der Waals surface area (Å²) < 4.78 is 5.61. The van der Waals surface area contributed by atoms with Gasteiger partial charge >= 0.3 is 0 Å². The third-order valence-electron chi connectivity index (χ3n) is 3.17. The van der Waals surface area contributed by atoms with Crippen molar-refractivity contribution < 1.29 is 4.74 Å². The molecule has 2 N–H and O–H groups in total. The van der Waals surface area contributed by atoms with Crippen LogP contribution in [0.3, 0.4) is 0 Å². The van der Waals surface area contributed by atoms with E-state index in [1.807, 2.05) is 42.5 Å². The number of nitrogens with zero attached hydrogens (tertiary/aromatic N) is 2. The van der Waals surface area contributed by atoms with Gasteiger partial charge in [0.1, 0.15) is 12.4 Å². The van der Waals surface area contributed by atoms with Crippen LogP contribution in [0.25, 0.3) is 0 Å². The lowest BCUT2D eigenvalue weighted by molar-refractivity contribution is 0.322. The second kappa shape index (κ2) is 9.11. The summed E-state index contributed by atoms with van der Waals surface area (Å²) in [5.74, 6) is 1.57. The van der Waals surface area contributed by atoms with Gasteiger partial charge in [-0.2, -0.15) is 5.26 Å². The maximum Gasteiger partial charge on any atom is 0.191 e. The second-order valence-corrected chi connectivity index (χ2v) is 4.82. The Balaban J connectivity index is 1.70. The molecule has 0 fully saturated rings.